The largest absolute Gasteiger partial charge is 0.338 e. The lowest BCUT2D eigenvalue weighted by molar-refractivity contribution is 0.391. The van der Waals surface area contributed by atoms with Crippen molar-refractivity contribution in [1.82, 2.24) is 25.3 Å². The summed E-state index contributed by atoms with van der Waals surface area (Å²) in [5, 5.41) is 14.4. The lowest BCUT2D eigenvalue weighted by Gasteiger charge is -1.93. The number of H-pyrrole nitrogens is 1. The SMILES string of the molecule is Clc1ccc(-c2noc(CSc3n[nH]c(-c4cccs4)n3)n2)cc1. The van der Waals surface area contributed by atoms with Gasteiger partial charge in [0.25, 0.3) is 0 Å². The van der Waals surface area contributed by atoms with Crippen molar-refractivity contribution in [3.63, 3.8) is 0 Å². The van der Waals surface area contributed by atoms with Crippen molar-refractivity contribution in [3.8, 4) is 22.1 Å². The summed E-state index contributed by atoms with van der Waals surface area (Å²) < 4.78 is 5.27. The molecule has 0 fully saturated rings. The molecule has 0 aliphatic heterocycles. The van der Waals surface area contributed by atoms with Crippen LogP contribution in [0.4, 0.5) is 0 Å². The number of rotatable bonds is 5. The lowest BCUT2D eigenvalue weighted by atomic mass is 10.2. The zero-order valence-corrected chi connectivity index (χ0v) is 14.5. The Bertz CT molecular complexity index is 933. The number of nitrogens with zero attached hydrogens (tertiary/aromatic N) is 4. The molecule has 0 spiro atoms. The molecule has 0 atom stereocenters. The Kier molecular flexibility index (Phi) is 4.33. The first-order chi connectivity index (χ1) is 11.8. The summed E-state index contributed by atoms with van der Waals surface area (Å²) in [5.74, 6) is 2.33. The van der Waals surface area contributed by atoms with Gasteiger partial charge in [0.15, 0.2) is 5.82 Å². The summed E-state index contributed by atoms with van der Waals surface area (Å²) in [7, 11) is 0. The minimum Gasteiger partial charge on any atom is -0.338 e. The molecule has 24 heavy (non-hydrogen) atoms. The average Bonchev–Trinajstić information content (AvgIpc) is 3.34. The molecule has 6 nitrogen and oxygen atoms in total. The van der Waals surface area contributed by atoms with Gasteiger partial charge >= 0.3 is 0 Å². The van der Waals surface area contributed by atoms with Crippen LogP contribution in [-0.4, -0.2) is 25.3 Å². The molecular formula is C15H10ClN5OS2. The highest BCUT2D eigenvalue weighted by atomic mass is 35.5. The fourth-order valence-corrected chi connectivity index (χ4v) is 3.42. The molecule has 1 N–H and O–H groups in total. The van der Waals surface area contributed by atoms with Crippen molar-refractivity contribution in [2.45, 2.75) is 10.9 Å². The zero-order valence-electron chi connectivity index (χ0n) is 12.1. The minimum absolute atomic E-state index is 0.502. The van der Waals surface area contributed by atoms with E-state index in [1.807, 2.05) is 29.6 Å². The number of benzene rings is 1. The average molecular weight is 376 g/mol. The monoisotopic (exact) mass is 375 g/mol. The number of hydrogen-bond donors (Lipinski definition) is 1. The Morgan fingerprint density at radius 1 is 1.17 bits per heavy atom. The molecule has 4 rings (SSSR count). The molecule has 1 aromatic carbocycles. The topological polar surface area (TPSA) is 80.5 Å². The summed E-state index contributed by atoms with van der Waals surface area (Å²) in [4.78, 5) is 9.87. The highest BCUT2D eigenvalue weighted by Crippen LogP contribution is 2.25. The highest BCUT2D eigenvalue weighted by molar-refractivity contribution is 7.98. The van der Waals surface area contributed by atoms with E-state index in [-0.39, 0.29) is 0 Å². The van der Waals surface area contributed by atoms with Gasteiger partial charge in [-0.2, -0.15) is 4.98 Å². The molecule has 0 radical (unpaired) electrons. The quantitative estimate of drug-likeness (QED) is 0.516. The molecule has 0 aliphatic rings. The van der Waals surface area contributed by atoms with Crippen LogP contribution in [0.1, 0.15) is 5.89 Å². The molecule has 4 aromatic rings. The van der Waals surface area contributed by atoms with Crippen molar-refractivity contribution in [2.24, 2.45) is 0 Å². The summed E-state index contributed by atoms with van der Waals surface area (Å²) in [6, 6.07) is 11.3. The van der Waals surface area contributed by atoms with Crippen LogP contribution in [0.2, 0.25) is 5.02 Å². The zero-order chi connectivity index (χ0) is 16.4. The number of thioether (sulfide) groups is 1. The summed E-state index contributed by atoms with van der Waals surface area (Å²) in [5.41, 5.74) is 0.859. The van der Waals surface area contributed by atoms with Crippen molar-refractivity contribution in [2.75, 3.05) is 0 Å². The van der Waals surface area contributed by atoms with Gasteiger partial charge in [-0.05, 0) is 35.7 Å². The van der Waals surface area contributed by atoms with Crippen LogP contribution in [0.25, 0.3) is 22.1 Å². The van der Waals surface area contributed by atoms with E-state index in [4.69, 9.17) is 16.1 Å². The van der Waals surface area contributed by atoms with Gasteiger partial charge in [-0.1, -0.05) is 34.6 Å². The van der Waals surface area contributed by atoms with Crippen LogP contribution in [0.5, 0.6) is 0 Å². The standard InChI is InChI=1S/C15H10ClN5OS2/c16-10-5-3-9(4-6-10)13-17-12(22-21-13)8-24-15-18-14(19-20-15)11-2-1-7-23-11/h1-7H,8H2,(H,18,19,20). The van der Waals surface area contributed by atoms with E-state index < -0.39 is 0 Å². The molecule has 0 aliphatic carbocycles. The van der Waals surface area contributed by atoms with Gasteiger partial charge in [-0.15, -0.1) is 16.4 Å². The van der Waals surface area contributed by atoms with E-state index in [1.54, 1.807) is 23.5 Å². The molecule has 0 bridgehead atoms. The molecule has 0 amide bonds. The number of thiophene rings is 1. The van der Waals surface area contributed by atoms with Crippen molar-refractivity contribution in [3.05, 3.63) is 52.7 Å². The van der Waals surface area contributed by atoms with Gasteiger partial charge < -0.3 is 4.52 Å². The van der Waals surface area contributed by atoms with Crippen LogP contribution in [0.3, 0.4) is 0 Å². The Hall–Kier alpha value is -2.16. The highest BCUT2D eigenvalue weighted by Gasteiger charge is 2.12. The number of hydrogen-bond acceptors (Lipinski definition) is 7. The summed E-state index contributed by atoms with van der Waals surface area (Å²) in [6.07, 6.45) is 0. The maximum Gasteiger partial charge on any atom is 0.237 e. The Balaban J connectivity index is 1.42. The second kappa shape index (κ2) is 6.76. The molecule has 9 heteroatoms. The number of halogens is 1. The number of nitrogens with one attached hydrogen (secondary N) is 1. The third-order valence-corrected chi connectivity index (χ3v) is 5.08. The van der Waals surface area contributed by atoms with Crippen molar-refractivity contribution >= 4 is 34.7 Å². The van der Waals surface area contributed by atoms with E-state index in [0.29, 0.717) is 27.6 Å². The Morgan fingerprint density at radius 3 is 2.83 bits per heavy atom. The van der Waals surface area contributed by atoms with Gasteiger partial charge in [-0.25, -0.2) is 4.98 Å². The second-order valence-electron chi connectivity index (χ2n) is 4.75. The van der Waals surface area contributed by atoms with Crippen LogP contribution in [-0.2, 0) is 5.75 Å². The Morgan fingerprint density at radius 2 is 2.04 bits per heavy atom. The van der Waals surface area contributed by atoms with E-state index in [2.05, 4.69) is 25.3 Å². The van der Waals surface area contributed by atoms with Crippen LogP contribution in [0, 0.1) is 0 Å². The van der Waals surface area contributed by atoms with Crippen molar-refractivity contribution < 1.29 is 4.52 Å². The maximum atomic E-state index is 5.88. The molecule has 3 heterocycles. The first-order valence-electron chi connectivity index (χ1n) is 6.95. The predicted molar refractivity (Wildman–Crippen MR) is 94.0 cm³/mol. The van der Waals surface area contributed by atoms with Gasteiger partial charge in [0, 0.05) is 10.6 Å². The van der Waals surface area contributed by atoms with E-state index >= 15 is 0 Å². The van der Waals surface area contributed by atoms with Crippen LogP contribution < -0.4 is 0 Å². The second-order valence-corrected chi connectivity index (χ2v) is 7.08. The normalized spacial score (nSPS) is 11.0. The van der Waals surface area contributed by atoms with Crippen molar-refractivity contribution in [1.29, 1.82) is 0 Å². The molecule has 0 saturated carbocycles. The summed E-state index contributed by atoms with van der Waals surface area (Å²) in [6.45, 7) is 0. The van der Waals surface area contributed by atoms with E-state index in [1.165, 1.54) is 11.8 Å². The third kappa shape index (κ3) is 3.35. The van der Waals surface area contributed by atoms with Crippen LogP contribution in [0.15, 0.2) is 51.5 Å². The maximum absolute atomic E-state index is 5.88. The first-order valence-corrected chi connectivity index (χ1v) is 9.20. The van der Waals surface area contributed by atoms with Gasteiger partial charge in [0.05, 0.1) is 10.6 Å². The molecule has 0 unspecified atom stereocenters. The summed E-state index contributed by atoms with van der Waals surface area (Å²) >= 11 is 8.93. The van der Waals surface area contributed by atoms with Crippen LogP contribution >= 0.6 is 34.7 Å². The van der Waals surface area contributed by atoms with Gasteiger partial charge in [-0.3, -0.25) is 5.10 Å². The lowest BCUT2D eigenvalue weighted by Crippen LogP contribution is -1.84. The molecule has 0 saturated heterocycles. The minimum atomic E-state index is 0.502. The smallest absolute Gasteiger partial charge is 0.237 e. The van der Waals surface area contributed by atoms with E-state index in [0.717, 1.165) is 16.3 Å². The third-order valence-electron chi connectivity index (χ3n) is 3.11. The van der Waals surface area contributed by atoms with Gasteiger partial charge in [0.2, 0.25) is 16.9 Å². The first kappa shape index (κ1) is 15.4. The fraction of sp³-hybridized carbons (Fsp3) is 0.0667. The number of aromatic amines is 1. The number of aromatic nitrogens is 5. The van der Waals surface area contributed by atoms with E-state index in [9.17, 15) is 0 Å². The predicted octanol–water partition coefficient (Wildman–Crippen LogP) is 4.53. The molecule has 3 aromatic heterocycles. The van der Waals surface area contributed by atoms with Gasteiger partial charge in [0.1, 0.15) is 0 Å². The Labute approximate surface area is 150 Å². The molecule has 120 valence electrons. The fourth-order valence-electron chi connectivity index (χ4n) is 1.99. The molecular weight excluding hydrogens is 366 g/mol.